The van der Waals surface area contributed by atoms with Crippen molar-refractivity contribution in [2.24, 2.45) is 0 Å². The molecule has 0 spiro atoms. The molecule has 0 heterocycles. The number of carbonyl (C=O) groups is 2. The molecule has 0 aliphatic rings. The SMILES string of the molecule is CC/C=C\C/C=C\C/C=C\C/C=C\C/C=C\C/C=C\CCC(=O)NCCSSC(C)(C)CC(=O)NC(C)C. The number of rotatable bonds is 22. The maximum atomic E-state index is 12.0. The zero-order valence-electron chi connectivity index (χ0n) is 24.4. The number of amides is 2. The van der Waals surface area contributed by atoms with E-state index in [0.29, 0.717) is 19.4 Å². The molecular formula is C32H52N2O2S2. The lowest BCUT2D eigenvalue weighted by atomic mass is 10.1. The van der Waals surface area contributed by atoms with Crippen LogP contribution >= 0.6 is 21.6 Å². The van der Waals surface area contributed by atoms with E-state index in [1.54, 1.807) is 21.6 Å². The molecule has 214 valence electrons. The Morgan fingerprint density at radius 1 is 0.737 bits per heavy atom. The molecule has 0 unspecified atom stereocenters. The highest BCUT2D eigenvalue weighted by Gasteiger charge is 2.23. The standard InChI is InChI=1S/C32H52N2O2S2/c1-6-7-8-9-10-11-12-13-14-15-16-17-18-19-20-21-22-23-24-25-30(35)33-26-27-37-38-32(4,5)28-31(36)34-29(2)3/h7-8,10-11,13-14,16-17,19-20,22-23,29H,6,9,12,15,18,21,24-28H2,1-5H3,(H,33,35)(H,34,36)/b8-7-,11-10-,14-13-,17-16-,20-19-,23-22-. The quantitative estimate of drug-likeness (QED) is 0.0790. The van der Waals surface area contributed by atoms with Crippen LogP contribution in [0.25, 0.3) is 0 Å². The first kappa shape index (κ1) is 36.1. The Morgan fingerprint density at radius 2 is 1.21 bits per heavy atom. The molecule has 0 fully saturated rings. The molecule has 0 saturated carbocycles. The molecule has 0 aromatic carbocycles. The Morgan fingerprint density at radius 3 is 1.68 bits per heavy atom. The van der Waals surface area contributed by atoms with E-state index in [0.717, 1.165) is 50.7 Å². The van der Waals surface area contributed by atoms with Crippen molar-refractivity contribution in [2.75, 3.05) is 12.3 Å². The van der Waals surface area contributed by atoms with Gasteiger partial charge in [-0.3, -0.25) is 9.59 Å². The molecular weight excluding hydrogens is 508 g/mol. The van der Waals surface area contributed by atoms with Gasteiger partial charge in [0, 0.05) is 35.9 Å². The summed E-state index contributed by atoms with van der Waals surface area (Å²) in [4.78, 5) is 23.9. The summed E-state index contributed by atoms with van der Waals surface area (Å²) in [6.07, 6.45) is 33.9. The average molecular weight is 561 g/mol. The van der Waals surface area contributed by atoms with Crippen molar-refractivity contribution in [1.82, 2.24) is 10.6 Å². The Labute approximate surface area is 241 Å². The van der Waals surface area contributed by atoms with E-state index in [2.05, 4.69) is 104 Å². The van der Waals surface area contributed by atoms with E-state index in [1.807, 2.05) is 13.8 Å². The monoisotopic (exact) mass is 560 g/mol. The van der Waals surface area contributed by atoms with Gasteiger partial charge in [0.05, 0.1) is 0 Å². The molecule has 0 aromatic rings. The lowest BCUT2D eigenvalue weighted by Crippen LogP contribution is -2.34. The van der Waals surface area contributed by atoms with Gasteiger partial charge < -0.3 is 10.6 Å². The fourth-order valence-corrected chi connectivity index (χ4v) is 5.58. The first-order valence-electron chi connectivity index (χ1n) is 14.0. The van der Waals surface area contributed by atoms with Crippen molar-refractivity contribution >= 4 is 33.4 Å². The van der Waals surface area contributed by atoms with E-state index in [4.69, 9.17) is 0 Å². The van der Waals surface area contributed by atoms with Crippen LogP contribution in [-0.2, 0) is 9.59 Å². The molecule has 0 aliphatic carbocycles. The Bertz CT molecular complexity index is 793. The van der Waals surface area contributed by atoms with Gasteiger partial charge in [-0.25, -0.2) is 0 Å². The van der Waals surface area contributed by atoms with Crippen LogP contribution in [-0.4, -0.2) is 34.9 Å². The van der Waals surface area contributed by atoms with Crippen LogP contribution in [0.3, 0.4) is 0 Å². The van der Waals surface area contributed by atoms with Crippen LogP contribution in [0.5, 0.6) is 0 Å². The lowest BCUT2D eigenvalue weighted by Gasteiger charge is -2.23. The third-order valence-electron chi connectivity index (χ3n) is 4.96. The van der Waals surface area contributed by atoms with Gasteiger partial charge in [-0.2, -0.15) is 0 Å². The second-order valence-corrected chi connectivity index (χ2v) is 13.0. The van der Waals surface area contributed by atoms with Crippen molar-refractivity contribution in [2.45, 2.75) is 103 Å². The predicted molar refractivity (Wildman–Crippen MR) is 172 cm³/mol. The highest BCUT2D eigenvalue weighted by atomic mass is 33.1. The minimum Gasteiger partial charge on any atom is -0.355 e. The molecule has 38 heavy (non-hydrogen) atoms. The van der Waals surface area contributed by atoms with Crippen LogP contribution < -0.4 is 10.6 Å². The molecule has 6 heteroatoms. The first-order chi connectivity index (χ1) is 18.3. The summed E-state index contributed by atoms with van der Waals surface area (Å²) in [5.74, 6) is 0.998. The highest BCUT2D eigenvalue weighted by Crippen LogP contribution is 2.37. The van der Waals surface area contributed by atoms with Crippen molar-refractivity contribution in [3.05, 3.63) is 72.9 Å². The molecule has 0 bridgehead atoms. The van der Waals surface area contributed by atoms with Crippen LogP contribution in [0.4, 0.5) is 0 Å². The largest absolute Gasteiger partial charge is 0.355 e. The number of allylic oxidation sites excluding steroid dienone is 12. The number of hydrogen-bond donors (Lipinski definition) is 2. The Kier molecular flexibility index (Phi) is 24.1. The normalized spacial score (nSPS) is 13.0. The fourth-order valence-electron chi connectivity index (χ4n) is 3.16. The zero-order chi connectivity index (χ0) is 28.3. The second-order valence-electron chi connectivity index (χ2n) is 9.87. The molecule has 2 N–H and O–H groups in total. The molecule has 0 atom stereocenters. The van der Waals surface area contributed by atoms with Crippen molar-refractivity contribution in [3.63, 3.8) is 0 Å². The van der Waals surface area contributed by atoms with Crippen LogP contribution in [0.2, 0.25) is 0 Å². The Balaban J connectivity index is 3.71. The van der Waals surface area contributed by atoms with Gasteiger partial charge in [-0.1, -0.05) is 101 Å². The van der Waals surface area contributed by atoms with E-state index in [-0.39, 0.29) is 22.6 Å². The smallest absolute Gasteiger partial charge is 0.221 e. The van der Waals surface area contributed by atoms with E-state index in [1.165, 1.54) is 0 Å². The molecule has 0 aliphatic heterocycles. The van der Waals surface area contributed by atoms with Crippen LogP contribution in [0.1, 0.15) is 92.4 Å². The molecule has 0 saturated heterocycles. The lowest BCUT2D eigenvalue weighted by molar-refractivity contribution is -0.122. The maximum absolute atomic E-state index is 12.0. The van der Waals surface area contributed by atoms with Crippen molar-refractivity contribution < 1.29 is 9.59 Å². The summed E-state index contributed by atoms with van der Waals surface area (Å²) < 4.78 is -0.135. The van der Waals surface area contributed by atoms with Gasteiger partial charge in [0.1, 0.15) is 0 Å². The van der Waals surface area contributed by atoms with Gasteiger partial charge in [0.25, 0.3) is 0 Å². The highest BCUT2D eigenvalue weighted by molar-refractivity contribution is 8.77. The molecule has 4 nitrogen and oxygen atoms in total. The van der Waals surface area contributed by atoms with Crippen molar-refractivity contribution in [1.29, 1.82) is 0 Å². The predicted octanol–water partition coefficient (Wildman–Crippen LogP) is 8.66. The summed E-state index contributed by atoms with van der Waals surface area (Å²) in [6, 6.07) is 0.166. The number of nitrogens with one attached hydrogen (secondary N) is 2. The van der Waals surface area contributed by atoms with E-state index in [9.17, 15) is 9.59 Å². The Hall–Kier alpha value is -1.92. The van der Waals surface area contributed by atoms with Crippen LogP contribution in [0, 0.1) is 0 Å². The minimum absolute atomic E-state index is 0.0841. The summed E-state index contributed by atoms with van der Waals surface area (Å²) >= 11 is 0. The third-order valence-corrected chi connectivity index (χ3v) is 8.25. The van der Waals surface area contributed by atoms with Gasteiger partial charge in [0.2, 0.25) is 11.8 Å². The van der Waals surface area contributed by atoms with Gasteiger partial charge in [-0.05, 0) is 72.6 Å². The van der Waals surface area contributed by atoms with Gasteiger partial charge >= 0.3 is 0 Å². The summed E-state index contributed by atoms with van der Waals surface area (Å²) in [5, 5.41) is 5.92. The fraction of sp³-hybridized carbons (Fsp3) is 0.562. The summed E-state index contributed by atoms with van der Waals surface area (Å²) in [7, 11) is 3.41. The van der Waals surface area contributed by atoms with Crippen LogP contribution in [0.15, 0.2) is 72.9 Å². The summed E-state index contributed by atoms with van der Waals surface area (Å²) in [6.45, 7) is 10.9. The van der Waals surface area contributed by atoms with Gasteiger partial charge in [0.15, 0.2) is 0 Å². The maximum Gasteiger partial charge on any atom is 0.221 e. The second kappa shape index (κ2) is 25.4. The topological polar surface area (TPSA) is 58.2 Å². The first-order valence-corrected chi connectivity index (χ1v) is 16.4. The minimum atomic E-state index is -0.135. The van der Waals surface area contributed by atoms with Crippen molar-refractivity contribution in [3.8, 4) is 0 Å². The molecule has 0 rings (SSSR count). The molecule has 2 amide bonds. The third kappa shape index (κ3) is 27.1. The molecule has 0 radical (unpaired) electrons. The number of hydrogen-bond acceptors (Lipinski definition) is 4. The number of carbonyl (C=O) groups excluding carboxylic acids is 2. The summed E-state index contributed by atoms with van der Waals surface area (Å²) in [5.41, 5.74) is 0. The molecule has 0 aromatic heterocycles. The van der Waals surface area contributed by atoms with E-state index >= 15 is 0 Å². The zero-order valence-corrected chi connectivity index (χ0v) is 26.0. The van der Waals surface area contributed by atoms with E-state index < -0.39 is 0 Å². The van der Waals surface area contributed by atoms with Gasteiger partial charge in [-0.15, -0.1) is 0 Å². The average Bonchev–Trinajstić information content (AvgIpc) is 2.84.